The monoisotopic (exact) mass is 251 g/mol. The minimum atomic E-state index is 0.586. The molecular formula is C15H25NO2. The number of rotatable bonds is 8. The first kappa shape index (κ1) is 14.8. The maximum Gasteiger partial charge on any atom is 0.122 e. The molecule has 0 radical (unpaired) electrons. The average molecular weight is 251 g/mol. The van der Waals surface area contributed by atoms with Gasteiger partial charge in [0.2, 0.25) is 0 Å². The summed E-state index contributed by atoms with van der Waals surface area (Å²) in [6.07, 6.45) is 3.21. The molecule has 1 aromatic rings. The molecular weight excluding hydrogens is 226 g/mol. The molecule has 0 heterocycles. The zero-order valence-corrected chi connectivity index (χ0v) is 11.7. The molecule has 0 amide bonds. The fourth-order valence-electron chi connectivity index (χ4n) is 1.98. The van der Waals surface area contributed by atoms with Crippen LogP contribution < -0.4 is 15.2 Å². The van der Waals surface area contributed by atoms with Crippen LogP contribution in [0.15, 0.2) is 18.2 Å². The van der Waals surface area contributed by atoms with Crippen LogP contribution in [0.5, 0.6) is 11.5 Å². The fraction of sp³-hybridized carbons (Fsp3) is 0.600. The van der Waals surface area contributed by atoms with E-state index in [-0.39, 0.29) is 0 Å². The van der Waals surface area contributed by atoms with Gasteiger partial charge in [0, 0.05) is 0 Å². The van der Waals surface area contributed by atoms with E-state index in [0.717, 1.165) is 30.1 Å². The third-order valence-electron chi connectivity index (χ3n) is 2.99. The zero-order valence-electron chi connectivity index (χ0n) is 11.7. The van der Waals surface area contributed by atoms with Crippen LogP contribution >= 0.6 is 0 Å². The van der Waals surface area contributed by atoms with E-state index in [0.29, 0.717) is 12.5 Å². The molecule has 0 aromatic heterocycles. The first-order valence-electron chi connectivity index (χ1n) is 6.71. The van der Waals surface area contributed by atoms with Crippen molar-refractivity contribution < 1.29 is 9.47 Å². The van der Waals surface area contributed by atoms with E-state index < -0.39 is 0 Å². The minimum Gasteiger partial charge on any atom is -0.497 e. The molecule has 0 aliphatic rings. The second-order valence-electron chi connectivity index (χ2n) is 4.72. The van der Waals surface area contributed by atoms with Gasteiger partial charge in [-0.2, -0.15) is 0 Å². The maximum absolute atomic E-state index is 5.89. The van der Waals surface area contributed by atoms with Gasteiger partial charge in [-0.3, -0.25) is 0 Å². The Morgan fingerprint density at radius 3 is 2.72 bits per heavy atom. The molecule has 102 valence electrons. The summed E-state index contributed by atoms with van der Waals surface area (Å²) in [4.78, 5) is 0. The summed E-state index contributed by atoms with van der Waals surface area (Å²) in [6, 6.07) is 5.91. The average Bonchev–Trinajstić information content (AvgIpc) is 2.38. The van der Waals surface area contributed by atoms with Crippen LogP contribution in [0.1, 0.15) is 32.3 Å². The predicted molar refractivity (Wildman–Crippen MR) is 75.3 cm³/mol. The van der Waals surface area contributed by atoms with E-state index >= 15 is 0 Å². The van der Waals surface area contributed by atoms with Crippen LogP contribution in [0.4, 0.5) is 0 Å². The van der Waals surface area contributed by atoms with Crippen molar-refractivity contribution in [2.24, 2.45) is 11.7 Å². The lowest BCUT2D eigenvalue weighted by Crippen LogP contribution is -2.11. The van der Waals surface area contributed by atoms with Crippen molar-refractivity contribution in [3.63, 3.8) is 0 Å². The molecule has 1 aromatic carbocycles. The number of nitrogens with two attached hydrogens (primary N) is 1. The second-order valence-corrected chi connectivity index (χ2v) is 4.72. The van der Waals surface area contributed by atoms with Crippen LogP contribution in [0.25, 0.3) is 0 Å². The Balaban J connectivity index is 2.68. The Morgan fingerprint density at radius 2 is 2.11 bits per heavy atom. The molecule has 3 nitrogen and oxygen atoms in total. The number of methoxy groups -OCH3 is 1. The van der Waals surface area contributed by atoms with Gasteiger partial charge < -0.3 is 15.2 Å². The molecule has 1 atom stereocenters. The molecule has 0 spiro atoms. The molecule has 0 saturated carbocycles. The summed E-state index contributed by atoms with van der Waals surface area (Å²) in [5, 5.41) is 0. The Kier molecular flexibility index (Phi) is 6.58. The molecule has 18 heavy (non-hydrogen) atoms. The van der Waals surface area contributed by atoms with E-state index in [1.54, 1.807) is 7.11 Å². The van der Waals surface area contributed by atoms with Crippen LogP contribution in [-0.4, -0.2) is 20.3 Å². The third-order valence-corrected chi connectivity index (χ3v) is 2.99. The summed E-state index contributed by atoms with van der Waals surface area (Å²) in [5.41, 5.74) is 6.75. The van der Waals surface area contributed by atoms with Crippen LogP contribution in [0, 0.1) is 5.92 Å². The van der Waals surface area contributed by atoms with Gasteiger partial charge in [0.25, 0.3) is 0 Å². The van der Waals surface area contributed by atoms with Crippen molar-refractivity contribution in [2.75, 3.05) is 20.3 Å². The zero-order chi connectivity index (χ0) is 13.4. The Hall–Kier alpha value is -1.22. The second kappa shape index (κ2) is 7.98. The standard InChI is InChI=1S/C15H25NO2/c1-4-5-12(2)11-18-15-7-6-14(17-3)10-13(15)8-9-16/h6-7,10,12H,4-5,8-9,11,16H2,1-3H3. The number of hydrogen-bond donors (Lipinski definition) is 1. The van der Waals surface area contributed by atoms with Crippen LogP contribution in [0.3, 0.4) is 0 Å². The van der Waals surface area contributed by atoms with Gasteiger partial charge in [-0.15, -0.1) is 0 Å². The van der Waals surface area contributed by atoms with Gasteiger partial charge in [0.1, 0.15) is 11.5 Å². The Labute approximate surface area is 110 Å². The Bertz CT molecular complexity index is 352. The quantitative estimate of drug-likeness (QED) is 0.772. The highest BCUT2D eigenvalue weighted by Crippen LogP contribution is 2.25. The summed E-state index contributed by atoms with van der Waals surface area (Å²) in [7, 11) is 1.67. The van der Waals surface area contributed by atoms with Gasteiger partial charge in [-0.25, -0.2) is 0 Å². The summed E-state index contributed by atoms with van der Waals surface area (Å²) in [5.74, 6) is 2.37. The number of ether oxygens (including phenoxy) is 2. The summed E-state index contributed by atoms with van der Waals surface area (Å²) >= 11 is 0. The summed E-state index contributed by atoms with van der Waals surface area (Å²) < 4.78 is 11.1. The lowest BCUT2D eigenvalue weighted by molar-refractivity contribution is 0.249. The van der Waals surface area contributed by atoms with E-state index in [1.165, 1.54) is 12.8 Å². The predicted octanol–water partition coefficient (Wildman–Crippen LogP) is 3.01. The highest BCUT2D eigenvalue weighted by molar-refractivity contribution is 5.40. The molecule has 0 aliphatic carbocycles. The molecule has 2 N–H and O–H groups in total. The topological polar surface area (TPSA) is 44.5 Å². The van der Waals surface area contributed by atoms with Crippen molar-refractivity contribution in [3.05, 3.63) is 23.8 Å². The van der Waals surface area contributed by atoms with E-state index in [2.05, 4.69) is 13.8 Å². The Morgan fingerprint density at radius 1 is 1.33 bits per heavy atom. The molecule has 3 heteroatoms. The lowest BCUT2D eigenvalue weighted by atomic mass is 10.1. The molecule has 1 rings (SSSR count). The maximum atomic E-state index is 5.89. The highest BCUT2D eigenvalue weighted by Gasteiger charge is 2.07. The number of hydrogen-bond acceptors (Lipinski definition) is 3. The smallest absolute Gasteiger partial charge is 0.122 e. The van der Waals surface area contributed by atoms with Gasteiger partial charge in [0.15, 0.2) is 0 Å². The SMILES string of the molecule is CCCC(C)COc1ccc(OC)cc1CCN. The summed E-state index contributed by atoms with van der Waals surface area (Å²) in [6.45, 7) is 5.80. The van der Waals surface area contributed by atoms with Crippen molar-refractivity contribution in [1.29, 1.82) is 0 Å². The molecule has 0 bridgehead atoms. The largest absolute Gasteiger partial charge is 0.497 e. The first-order valence-corrected chi connectivity index (χ1v) is 6.71. The van der Waals surface area contributed by atoms with Crippen molar-refractivity contribution in [1.82, 2.24) is 0 Å². The van der Waals surface area contributed by atoms with Crippen LogP contribution in [-0.2, 0) is 6.42 Å². The minimum absolute atomic E-state index is 0.586. The van der Waals surface area contributed by atoms with Crippen molar-refractivity contribution in [2.45, 2.75) is 33.1 Å². The van der Waals surface area contributed by atoms with Gasteiger partial charge in [-0.1, -0.05) is 20.3 Å². The highest BCUT2D eigenvalue weighted by atomic mass is 16.5. The first-order chi connectivity index (χ1) is 8.71. The van der Waals surface area contributed by atoms with E-state index in [4.69, 9.17) is 15.2 Å². The molecule has 0 aliphatic heterocycles. The van der Waals surface area contributed by atoms with Gasteiger partial charge >= 0.3 is 0 Å². The third kappa shape index (κ3) is 4.57. The fourth-order valence-corrected chi connectivity index (χ4v) is 1.98. The molecule has 1 unspecified atom stereocenters. The van der Waals surface area contributed by atoms with E-state index in [1.807, 2.05) is 18.2 Å². The lowest BCUT2D eigenvalue weighted by Gasteiger charge is -2.15. The van der Waals surface area contributed by atoms with Crippen molar-refractivity contribution in [3.8, 4) is 11.5 Å². The van der Waals surface area contributed by atoms with Crippen LogP contribution in [0.2, 0.25) is 0 Å². The normalized spacial score (nSPS) is 12.2. The molecule has 0 fully saturated rings. The van der Waals surface area contributed by atoms with Crippen molar-refractivity contribution >= 4 is 0 Å². The molecule has 0 saturated heterocycles. The van der Waals surface area contributed by atoms with E-state index in [9.17, 15) is 0 Å². The number of benzene rings is 1. The van der Waals surface area contributed by atoms with Gasteiger partial charge in [0.05, 0.1) is 13.7 Å². The van der Waals surface area contributed by atoms with Gasteiger partial charge in [-0.05, 0) is 49.1 Å².